The molecule has 0 saturated heterocycles. The van der Waals surface area contributed by atoms with E-state index in [4.69, 9.17) is 10.2 Å². The van der Waals surface area contributed by atoms with Crippen LogP contribution in [0.5, 0.6) is 0 Å². The zero-order valence-electron chi connectivity index (χ0n) is 8.66. The van der Waals surface area contributed by atoms with Crippen molar-refractivity contribution in [1.82, 2.24) is 4.72 Å². The highest BCUT2D eigenvalue weighted by Gasteiger charge is 2.29. The third-order valence-corrected chi connectivity index (χ3v) is 5.94. The largest absolute Gasteiger partial charge is 0.481 e. The van der Waals surface area contributed by atoms with Gasteiger partial charge in [-0.05, 0) is 27.4 Å². The van der Waals surface area contributed by atoms with Crippen molar-refractivity contribution in [2.24, 2.45) is 0 Å². The smallest absolute Gasteiger partial charge is 0.322 e. The fourth-order valence-corrected chi connectivity index (χ4v) is 4.61. The minimum Gasteiger partial charge on any atom is -0.481 e. The van der Waals surface area contributed by atoms with E-state index in [1.807, 2.05) is 4.72 Å². The molecule has 1 aromatic heterocycles. The van der Waals surface area contributed by atoms with Crippen LogP contribution in [0.25, 0.3) is 0 Å². The Morgan fingerprint density at radius 3 is 2.44 bits per heavy atom. The molecule has 0 spiro atoms. The lowest BCUT2D eigenvalue weighted by Crippen LogP contribution is -2.41. The molecule has 100 valence electrons. The second kappa shape index (κ2) is 5.78. The average molecular weight is 358 g/mol. The second-order valence-electron chi connectivity index (χ2n) is 3.17. The Hall–Kier alpha value is -0.970. The van der Waals surface area contributed by atoms with Crippen molar-refractivity contribution in [1.29, 1.82) is 0 Å². The molecule has 0 unspecified atom stereocenters. The van der Waals surface area contributed by atoms with E-state index in [-0.39, 0.29) is 4.21 Å². The van der Waals surface area contributed by atoms with Crippen LogP contribution in [-0.2, 0) is 19.6 Å². The van der Waals surface area contributed by atoms with Gasteiger partial charge in [-0.15, -0.1) is 11.3 Å². The van der Waals surface area contributed by atoms with Gasteiger partial charge in [-0.3, -0.25) is 9.59 Å². The number of nitrogens with one attached hydrogen (secondary N) is 1. The zero-order chi connectivity index (χ0) is 13.9. The van der Waals surface area contributed by atoms with Gasteiger partial charge in [0.15, 0.2) is 0 Å². The predicted octanol–water partition coefficient (Wildman–Crippen LogP) is 0.717. The molecular weight excluding hydrogens is 350 g/mol. The number of halogens is 1. The molecule has 0 aliphatic carbocycles. The summed E-state index contributed by atoms with van der Waals surface area (Å²) in [6, 6.07) is -0.215. The highest BCUT2D eigenvalue weighted by atomic mass is 79.9. The lowest BCUT2D eigenvalue weighted by Gasteiger charge is -2.12. The number of hydrogen-bond acceptors (Lipinski definition) is 5. The molecule has 0 saturated carbocycles. The fourth-order valence-electron chi connectivity index (χ4n) is 1.07. The van der Waals surface area contributed by atoms with Crippen LogP contribution >= 0.6 is 27.3 Å². The third kappa shape index (κ3) is 3.77. The Bertz CT molecular complexity index is 566. The highest BCUT2D eigenvalue weighted by Crippen LogP contribution is 2.27. The molecular formula is C8H8BrNO6S2. The number of sulfonamides is 1. The summed E-state index contributed by atoms with van der Waals surface area (Å²) in [5, 5.41) is 18.8. The second-order valence-corrected chi connectivity index (χ2v) is 6.85. The molecule has 0 radical (unpaired) electrons. The molecule has 0 aromatic carbocycles. The highest BCUT2D eigenvalue weighted by molar-refractivity contribution is 9.10. The molecule has 1 atom stereocenters. The van der Waals surface area contributed by atoms with Crippen molar-refractivity contribution in [2.75, 3.05) is 0 Å². The van der Waals surface area contributed by atoms with Crippen molar-refractivity contribution >= 4 is 49.2 Å². The fraction of sp³-hybridized carbons (Fsp3) is 0.250. The van der Waals surface area contributed by atoms with Crippen LogP contribution in [0, 0.1) is 0 Å². The SMILES string of the molecule is O=C(O)C[C@H](NS(=O)(=O)c1sccc1Br)C(=O)O. The molecule has 0 aliphatic rings. The van der Waals surface area contributed by atoms with Crippen LogP contribution in [0.2, 0.25) is 0 Å². The van der Waals surface area contributed by atoms with E-state index in [9.17, 15) is 18.0 Å². The summed E-state index contributed by atoms with van der Waals surface area (Å²) in [5.74, 6) is -2.95. The molecule has 0 fully saturated rings. The number of hydrogen-bond donors (Lipinski definition) is 3. The first kappa shape index (κ1) is 15.1. The van der Waals surface area contributed by atoms with Crippen molar-refractivity contribution in [3.63, 3.8) is 0 Å². The third-order valence-electron chi connectivity index (χ3n) is 1.80. The van der Waals surface area contributed by atoms with Gasteiger partial charge in [-0.1, -0.05) is 0 Å². The molecule has 18 heavy (non-hydrogen) atoms. The predicted molar refractivity (Wildman–Crippen MR) is 66.0 cm³/mol. The van der Waals surface area contributed by atoms with Crippen LogP contribution in [0.3, 0.4) is 0 Å². The summed E-state index contributed by atoms with van der Waals surface area (Å²) in [7, 11) is -4.06. The number of rotatable bonds is 6. The van der Waals surface area contributed by atoms with Crippen LogP contribution in [0.15, 0.2) is 20.1 Å². The molecule has 0 aliphatic heterocycles. The molecule has 3 N–H and O–H groups in total. The Kier molecular flexibility index (Phi) is 4.85. The van der Waals surface area contributed by atoms with E-state index in [0.717, 1.165) is 11.3 Å². The van der Waals surface area contributed by atoms with Gasteiger partial charge in [0, 0.05) is 4.47 Å². The molecule has 1 aromatic rings. The topological polar surface area (TPSA) is 121 Å². The first-order valence-electron chi connectivity index (χ1n) is 4.44. The van der Waals surface area contributed by atoms with Gasteiger partial charge in [-0.2, -0.15) is 4.72 Å². The number of carboxylic acids is 2. The Balaban J connectivity index is 2.97. The summed E-state index contributed by atoms with van der Waals surface area (Å²) in [6.07, 6.45) is -0.836. The molecule has 0 bridgehead atoms. The average Bonchev–Trinajstić information content (AvgIpc) is 2.62. The van der Waals surface area contributed by atoms with Crippen molar-refractivity contribution in [2.45, 2.75) is 16.7 Å². The first-order chi connectivity index (χ1) is 8.24. The quantitative estimate of drug-likeness (QED) is 0.689. The maximum Gasteiger partial charge on any atom is 0.322 e. The molecule has 1 rings (SSSR count). The van der Waals surface area contributed by atoms with Gasteiger partial charge < -0.3 is 10.2 Å². The Labute approximate surface area is 115 Å². The molecule has 1 heterocycles. The normalized spacial score (nSPS) is 13.2. The van der Waals surface area contributed by atoms with Crippen molar-refractivity contribution in [3.05, 3.63) is 15.9 Å². The number of carbonyl (C=O) groups is 2. The van der Waals surface area contributed by atoms with E-state index in [0.29, 0.717) is 4.47 Å². The van der Waals surface area contributed by atoms with E-state index in [2.05, 4.69) is 15.9 Å². The molecule has 10 heteroatoms. The van der Waals surface area contributed by atoms with Crippen LogP contribution < -0.4 is 4.72 Å². The van der Waals surface area contributed by atoms with E-state index < -0.39 is 34.4 Å². The van der Waals surface area contributed by atoms with Crippen LogP contribution in [-0.4, -0.2) is 36.6 Å². The number of carboxylic acid groups (broad SMARTS) is 2. The van der Waals surface area contributed by atoms with E-state index in [1.54, 1.807) is 0 Å². The van der Waals surface area contributed by atoms with Gasteiger partial charge in [0.05, 0.1) is 6.42 Å². The monoisotopic (exact) mass is 357 g/mol. The van der Waals surface area contributed by atoms with Gasteiger partial charge in [0.2, 0.25) is 0 Å². The maximum atomic E-state index is 11.8. The van der Waals surface area contributed by atoms with Crippen molar-refractivity contribution in [3.8, 4) is 0 Å². The molecule has 0 amide bonds. The van der Waals surface area contributed by atoms with Crippen LogP contribution in [0.4, 0.5) is 0 Å². The summed E-state index contributed by atoms with van der Waals surface area (Å²) >= 11 is 3.90. The minimum atomic E-state index is -4.06. The van der Waals surface area contributed by atoms with E-state index in [1.165, 1.54) is 11.4 Å². The lowest BCUT2D eigenvalue weighted by molar-refractivity contribution is -0.145. The lowest BCUT2D eigenvalue weighted by atomic mass is 10.2. The van der Waals surface area contributed by atoms with Gasteiger partial charge >= 0.3 is 11.9 Å². The Morgan fingerprint density at radius 2 is 2.06 bits per heavy atom. The van der Waals surface area contributed by atoms with E-state index >= 15 is 0 Å². The summed E-state index contributed by atoms with van der Waals surface area (Å²) in [5.41, 5.74) is 0. The van der Waals surface area contributed by atoms with Crippen molar-refractivity contribution < 1.29 is 28.2 Å². The maximum absolute atomic E-state index is 11.8. The van der Waals surface area contributed by atoms with Gasteiger partial charge in [0.1, 0.15) is 10.3 Å². The summed E-state index contributed by atoms with van der Waals surface area (Å²) in [4.78, 5) is 21.2. The summed E-state index contributed by atoms with van der Waals surface area (Å²) < 4.78 is 25.7. The zero-order valence-corrected chi connectivity index (χ0v) is 11.9. The van der Waals surface area contributed by atoms with Gasteiger partial charge in [-0.25, -0.2) is 8.42 Å². The number of aliphatic carboxylic acids is 2. The molecule has 7 nitrogen and oxygen atoms in total. The first-order valence-corrected chi connectivity index (χ1v) is 7.59. The standard InChI is InChI=1S/C8H8BrNO6S2/c9-4-1-2-17-8(4)18(15,16)10-5(7(13)14)3-6(11)12/h1-2,5,10H,3H2,(H,11,12)(H,13,14)/t5-/m0/s1. The number of thiophene rings is 1. The van der Waals surface area contributed by atoms with Crippen LogP contribution in [0.1, 0.15) is 6.42 Å². The summed E-state index contributed by atoms with van der Waals surface area (Å²) in [6.45, 7) is 0. The Morgan fingerprint density at radius 1 is 1.44 bits per heavy atom. The van der Waals surface area contributed by atoms with Gasteiger partial charge in [0.25, 0.3) is 10.0 Å². The minimum absolute atomic E-state index is 0.0980.